The molecule has 0 aliphatic heterocycles. The number of anilines is 1. The standard InChI is InChI=1S/C24H21ClN4/c1-16-3-7-19(8-4-16)20-11-21(15-26-14-20)23-12-24(29-17(2)28-23)27-13-18-5-9-22(25)10-6-18/h3-12,14-15H,13H2,1-2H3,(H,27,28,29). The SMILES string of the molecule is Cc1ccc(-c2cncc(-c3cc(NCc4ccc(Cl)cc4)nc(C)n3)c2)cc1. The van der Waals surface area contributed by atoms with Crippen LogP contribution in [0.1, 0.15) is 17.0 Å². The molecule has 0 bridgehead atoms. The van der Waals surface area contributed by atoms with E-state index in [0.29, 0.717) is 12.4 Å². The van der Waals surface area contributed by atoms with Gasteiger partial charge in [0.05, 0.1) is 5.69 Å². The van der Waals surface area contributed by atoms with Crippen LogP contribution in [0.25, 0.3) is 22.4 Å². The average Bonchev–Trinajstić information content (AvgIpc) is 2.74. The van der Waals surface area contributed by atoms with Gasteiger partial charge in [0, 0.05) is 41.2 Å². The molecule has 0 unspecified atom stereocenters. The zero-order valence-electron chi connectivity index (χ0n) is 16.4. The van der Waals surface area contributed by atoms with Crippen LogP contribution in [0.15, 0.2) is 73.1 Å². The zero-order valence-corrected chi connectivity index (χ0v) is 17.1. The summed E-state index contributed by atoms with van der Waals surface area (Å²) in [6.45, 7) is 4.64. The lowest BCUT2D eigenvalue weighted by Crippen LogP contribution is -2.04. The Balaban J connectivity index is 1.59. The fourth-order valence-corrected chi connectivity index (χ4v) is 3.21. The summed E-state index contributed by atoms with van der Waals surface area (Å²) in [5.74, 6) is 1.49. The van der Waals surface area contributed by atoms with Crippen molar-refractivity contribution in [3.63, 3.8) is 0 Å². The van der Waals surface area contributed by atoms with Gasteiger partial charge in [-0.3, -0.25) is 4.98 Å². The maximum absolute atomic E-state index is 5.96. The largest absolute Gasteiger partial charge is 0.366 e. The minimum atomic E-state index is 0.661. The Kier molecular flexibility index (Phi) is 5.54. The number of aromatic nitrogens is 3. The normalized spacial score (nSPS) is 10.7. The molecule has 0 aliphatic rings. The number of nitrogens with one attached hydrogen (secondary N) is 1. The third-order valence-corrected chi connectivity index (χ3v) is 4.90. The molecule has 2 aromatic heterocycles. The Hall–Kier alpha value is -3.24. The lowest BCUT2D eigenvalue weighted by Gasteiger charge is -2.10. The van der Waals surface area contributed by atoms with Crippen LogP contribution < -0.4 is 5.32 Å². The number of nitrogens with zero attached hydrogens (tertiary/aromatic N) is 3. The fraction of sp³-hybridized carbons (Fsp3) is 0.125. The summed E-state index contributed by atoms with van der Waals surface area (Å²) in [6, 6.07) is 20.3. The van der Waals surface area contributed by atoms with Crippen molar-refractivity contribution in [2.45, 2.75) is 20.4 Å². The molecule has 4 rings (SSSR count). The van der Waals surface area contributed by atoms with E-state index >= 15 is 0 Å². The van der Waals surface area contributed by atoms with Crippen LogP contribution in [-0.4, -0.2) is 15.0 Å². The Morgan fingerprint density at radius 1 is 0.793 bits per heavy atom. The summed E-state index contributed by atoms with van der Waals surface area (Å²) >= 11 is 5.96. The molecule has 0 spiro atoms. The summed E-state index contributed by atoms with van der Waals surface area (Å²) < 4.78 is 0. The van der Waals surface area contributed by atoms with Gasteiger partial charge in [-0.15, -0.1) is 0 Å². The van der Waals surface area contributed by atoms with Crippen molar-refractivity contribution in [3.8, 4) is 22.4 Å². The predicted molar refractivity (Wildman–Crippen MR) is 119 cm³/mol. The van der Waals surface area contributed by atoms with Crippen molar-refractivity contribution in [1.29, 1.82) is 0 Å². The van der Waals surface area contributed by atoms with Crippen LogP contribution >= 0.6 is 11.6 Å². The molecule has 5 heteroatoms. The topological polar surface area (TPSA) is 50.7 Å². The average molecular weight is 401 g/mol. The quantitative estimate of drug-likeness (QED) is 0.440. The van der Waals surface area contributed by atoms with Gasteiger partial charge in [-0.1, -0.05) is 53.6 Å². The Morgan fingerprint density at radius 2 is 1.52 bits per heavy atom. The number of aryl methyl sites for hydroxylation is 2. The maximum atomic E-state index is 5.96. The van der Waals surface area contributed by atoms with Crippen LogP contribution in [0.5, 0.6) is 0 Å². The first-order chi connectivity index (χ1) is 14.1. The number of halogens is 1. The van der Waals surface area contributed by atoms with Crippen LogP contribution in [-0.2, 0) is 6.54 Å². The fourth-order valence-electron chi connectivity index (χ4n) is 3.08. The molecule has 0 saturated carbocycles. The van der Waals surface area contributed by atoms with E-state index in [-0.39, 0.29) is 0 Å². The van der Waals surface area contributed by atoms with Crippen molar-refractivity contribution in [2.75, 3.05) is 5.32 Å². The smallest absolute Gasteiger partial charge is 0.130 e. The Labute approximate surface area is 175 Å². The van der Waals surface area contributed by atoms with Crippen molar-refractivity contribution < 1.29 is 0 Å². The van der Waals surface area contributed by atoms with Gasteiger partial charge in [0.25, 0.3) is 0 Å². The number of pyridine rings is 1. The van der Waals surface area contributed by atoms with Gasteiger partial charge in [-0.05, 0) is 43.2 Å². The van der Waals surface area contributed by atoms with Gasteiger partial charge in [-0.2, -0.15) is 0 Å². The monoisotopic (exact) mass is 400 g/mol. The first-order valence-corrected chi connectivity index (χ1v) is 9.81. The molecule has 0 radical (unpaired) electrons. The first kappa shape index (κ1) is 19.1. The van der Waals surface area contributed by atoms with E-state index < -0.39 is 0 Å². The predicted octanol–water partition coefficient (Wildman–Crippen LogP) is 6.09. The second kappa shape index (κ2) is 8.41. The third kappa shape index (κ3) is 4.79. The lowest BCUT2D eigenvalue weighted by molar-refractivity contribution is 1.03. The highest BCUT2D eigenvalue weighted by Gasteiger charge is 2.07. The molecule has 144 valence electrons. The second-order valence-corrected chi connectivity index (χ2v) is 7.43. The first-order valence-electron chi connectivity index (χ1n) is 9.43. The van der Waals surface area contributed by atoms with Gasteiger partial charge >= 0.3 is 0 Å². The van der Waals surface area contributed by atoms with E-state index in [1.54, 1.807) is 0 Å². The lowest BCUT2D eigenvalue weighted by atomic mass is 10.0. The molecule has 4 aromatic rings. The second-order valence-electron chi connectivity index (χ2n) is 6.99. The summed E-state index contributed by atoms with van der Waals surface area (Å²) in [5.41, 5.74) is 6.38. The van der Waals surface area contributed by atoms with Crippen LogP contribution in [0.4, 0.5) is 5.82 Å². The van der Waals surface area contributed by atoms with Gasteiger partial charge in [-0.25, -0.2) is 9.97 Å². The Morgan fingerprint density at radius 3 is 2.28 bits per heavy atom. The molecule has 2 heterocycles. The minimum Gasteiger partial charge on any atom is -0.366 e. The van der Waals surface area contributed by atoms with Crippen molar-refractivity contribution >= 4 is 17.4 Å². The molecule has 0 aliphatic carbocycles. The van der Waals surface area contributed by atoms with E-state index in [0.717, 1.165) is 38.8 Å². The molecule has 0 fully saturated rings. The van der Waals surface area contributed by atoms with E-state index in [1.807, 2.05) is 49.6 Å². The van der Waals surface area contributed by atoms with Crippen molar-refractivity contribution in [3.05, 3.63) is 95.0 Å². The molecule has 0 amide bonds. The van der Waals surface area contributed by atoms with E-state index in [1.165, 1.54) is 5.56 Å². The van der Waals surface area contributed by atoms with Crippen LogP contribution in [0.2, 0.25) is 5.02 Å². The van der Waals surface area contributed by atoms with Crippen LogP contribution in [0, 0.1) is 13.8 Å². The highest BCUT2D eigenvalue weighted by atomic mass is 35.5. The molecule has 2 aromatic carbocycles. The van der Waals surface area contributed by atoms with Gasteiger partial charge in [0.2, 0.25) is 0 Å². The van der Waals surface area contributed by atoms with Crippen LogP contribution in [0.3, 0.4) is 0 Å². The summed E-state index contributed by atoms with van der Waals surface area (Å²) in [6.07, 6.45) is 3.71. The number of rotatable bonds is 5. The highest BCUT2D eigenvalue weighted by Crippen LogP contribution is 2.26. The van der Waals surface area contributed by atoms with Gasteiger partial charge < -0.3 is 5.32 Å². The number of hydrogen-bond donors (Lipinski definition) is 1. The molecular weight excluding hydrogens is 380 g/mol. The number of hydrogen-bond acceptors (Lipinski definition) is 4. The zero-order chi connectivity index (χ0) is 20.2. The summed E-state index contributed by atoms with van der Waals surface area (Å²) in [7, 11) is 0. The molecule has 0 atom stereocenters. The maximum Gasteiger partial charge on any atom is 0.130 e. The van der Waals surface area contributed by atoms with Gasteiger partial charge in [0.1, 0.15) is 11.6 Å². The van der Waals surface area contributed by atoms with Crippen molar-refractivity contribution in [2.24, 2.45) is 0 Å². The summed E-state index contributed by atoms with van der Waals surface area (Å²) in [5, 5.41) is 4.10. The molecule has 4 nitrogen and oxygen atoms in total. The molecule has 29 heavy (non-hydrogen) atoms. The van der Waals surface area contributed by atoms with Crippen molar-refractivity contribution in [1.82, 2.24) is 15.0 Å². The summed E-state index contributed by atoms with van der Waals surface area (Å²) in [4.78, 5) is 13.6. The molecule has 0 saturated heterocycles. The third-order valence-electron chi connectivity index (χ3n) is 4.64. The van der Waals surface area contributed by atoms with E-state index in [2.05, 4.69) is 57.5 Å². The Bertz CT molecular complexity index is 1120. The van der Waals surface area contributed by atoms with Gasteiger partial charge in [0.15, 0.2) is 0 Å². The molecule has 1 N–H and O–H groups in total. The molecular formula is C24H21ClN4. The van der Waals surface area contributed by atoms with E-state index in [9.17, 15) is 0 Å². The number of benzene rings is 2. The van der Waals surface area contributed by atoms with E-state index in [4.69, 9.17) is 11.6 Å². The highest BCUT2D eigenvalue weighted by molar-refractivity contribution is 6.30. The minimum absolute atomic E-state index is 0.661.